The molecule has 0 saturated heterocycles. The average molecular weight is 658 g/mol. The Morgan fingerprint density at radius 2 is 0.711 bits per heavy atom. The summed E-state index contributed by atoms with van der Waals surface area (Å²) in [7, 11) is 2.42. The van der Waals surface area contributed by atoms with Crippen LogP contribution in [0.25, 0.3) is 75.4 Å². The number of aryl methyl sites for hydroxylation is 2. The maximum atomic E-state index is 3.39. The molecule has 1 atom stereocenters. The van der Waals surface area contributed by atoms with Gasteiger partial charge in [-0.2, -0.15) is 16.8 Å². The molecule has 0 spiro atoms. The molecule has 38 heavy (non-hydrogen) atoms. The summed E-state index contributed by atoms with van der Waals surface area (Å²) in [6, 6.07) is 33.9. The first kappa shape index (κ1) is 29.7. The van der Waals surface area contributed by atoms with Crippen molar-refractivity contribution in [3.63, 3.8) is 0 Å². The largest absolute Gasteiger partial charge is 0.285 e. The van der Waals surface area contributed by atoms with Crippen LogP contribution in [-0.2, 0) is 65.4 Å². The molecule has 0 aliphatic heterocycles. The minimum absolute atomic E-state index is 0. The zero-order chi connectivity index (χ0) is 25.1. The third-order valence-electron chi connectivity index (χ3n) is 7.64. The maximum absolute atomic E-state index is 3.39. The van der Waals surface area contributed by atoms with E-state index in [4.69, 9.17) is 0 Å². The van der Waals surface area contributed by atoms with Crippen molar-refractivity contribution < 1.29 is 65.4 Å². The van der Waals surface area contributed by atoms with Crippen LogP contribution < -0.4 is 0 Å². The third-order valence-corrected chi connectivity index (χ3v) is 7.64. The number of hydrogen-bond acceptors (Lipinski definition) is 0. The van der Waals surface area contributed by atoms with Gasteiger partial charge < -0.3 is 0 Å². The fourth-order valence-electron chi connectivity index (χ4n) is 6.34. The predicted molar refractivity (Wildman–Crippen MR) is 165 cm³/mol. The van der Waals surface area contributed by atoms with E-state index in [-0.39, 0.29) is 65.4 Å². The van der Waals surface area contributed by atoms with Gasteiger partial charge >= 0.3 is 0 Å². The molecule has 0 bridgehead atoms. The van der Waals surface area contributed by atoms with Crippen LogP contribution in [0.5, 0.6) is 0 Å². The topological polar surface area (TPSA) is 0 Å². The third kappa shape index (κ3) is 4.06. The summed E-state index contributed by atoms with van der Waals surface area (Å²) in [5.74, 6) is 0. The Hall–Kier alpha value is -1.26. The Kier molecular flexibility index (Phi) is 9.14. The Morgan fingerprint density at radius 3 is 1.08 bits per heavy atom. The van der Waals surface area contributed by atoms with E-state index in [1.807, 2.05) is 32.6 Å². The quantitative estimate of drug-likeness (QED) is 0.0659. The van der Waals surface area contributed by atoms with Gasteiger partial charge in [0.15, 0.2) is 0 Å². The Labute approximate surface area is 277 Å². The molecule has 182 valence electrons. The van der Waals surface area contributed by atoms with Gasteiger partial charge in [0.2, 0.25) is 0 Å². The molecule has 8 rings (SSSR count). The molecule has 2 radical (unpaired) electrons. The fourth-order valence-corrected chi connectivity index (χ4v) is 6.34. The van der Waals surface area contributed by atoms with Gasteiger partial charge in [-0.1, -0.05) is 80.5 Å². The van der Waals surface area contributed by atoms with Crippen LogP contribution in [0.3, 0.4) is 0 Å². The number of fused-ring (bicyclic) bond motifs is 4. The van der Waals surface area contributed by atoms with Crippen LogP contribution >= 0.6 is 9.24 Å². The molecular weight excluding hydrogens is 629 g/mol. The smallest absolute Gasteiger partial charge is 0 e. The van der Waals surface area contributed by atoms with Gasteiger partial charge in [-0.3, -0.25) is 17.5 Å². The van der Waals surface area contributed by atoms with Crippen molar-refractivity contribution in [2.45, 2.75) is 27.7 Å². The van der Waals surface area contributed by atoms with Crippen LogP contribution in [0.15, 0.2) is 72.8 Å². The number of benzene rings is 8. The second-order valence-electron chi connectivity index (χ2n) is 9.21. The van der Waals surface area contributed by atoms with Gasteiger partial charge in [-0.25, -0.2) is 12.1 Å². The van der Waals surface area contributed by atoms with Gasteiger partial charge in [-0.15, -0.1) is 9.24 Å². The van der Waals surface area contributed by atoms with Crippen LogP contribution in [0.1, 0.15) is 25.0 Å². The van der Waals surface area contributed by atoms with Crippen LogP contribution in [-0.4, -0.2) is 6.66 Å². The van der Waals surface area contributed by atoms with E-state index in [2.05, 4.69) is 95.9 Å². The number of hydrogen-bond donors (Lipinski definition) is 0. The maximum Gasteiger partial charge on any atom is 0 e. The molecule has 0 amide bonds. The van der Waals surface area contributed by atoms with E-state index in [0.29, 0.717) is 0 Å². The average Bonchev–Trinajstić information content (AvgIpc) is 2.94. The SMILES string of the molecule is CC.CP.Cc1ccc2c3ccc4c5cc[c-]c6[c-]ccc(c7ccc(c8ccc(C)c1c28)c3c47)c65.[Y].[Y]. The molecule has 0 fully saturated rings. The van der Waals surface area contributed by atoms with Gasteiger partial charge in [-0.05, 0) is 78.8 Å². The zero-order valence-electron chi connectivity index (χ0n) is 22.7. The monoisotopic (exact) mass is 658 g/mol. The van der Waals surface area contributed by atoms with Gasteiger partial charge in [0.25, 0.3) is 0 Å². The molecule has 8 aromatic carbocycles. The normalized spacial score (nSPS) is 11.0. The van der Waals surface area contributed by atoms with Crippen molar-refractivity contribution in [1.82, 2.24) is 0 Å². The predicted octanol–water partition coefficient (Wildman–Crippen LogP) is 10.4. The first-order valence-electron chi connectivity index (χ1n) is 12.8. The summed E-state index contributed by atoms with van der Waals surface area (Å²) in [5.41, 5.74) is 2.70. The van der Waals surface area contributed by atoms with E-state index in [1.54, 1.807) is 0 Å². The summed E-state index contributed by atoms with van der Waals surface area (Å²) < 4.78 is 0. The van der Waals surface area contributed by atoms with E-state index in [1.165, 1.54) is 81.1 Å². The van der Waals surface area contributed by atoms with Crippen LogP contribution in [0.2, 0.25) is 0 Å². The molecule has 0 aliphatic rings. The summed E-state index contributed by atoms with van der Waals surface area (Å²) in [6.45, 7) is 10.4. The van der Waals surface area contributed by atoms with E-state index < -0.39 is 0 Å². The summed E-state index contributed by atoms with van der Waals surface area (Å²) >= 11 is 0. The van der Waals surface area contributed by atoms with E-state index in [0.717, 1.165) is 5.39 Å². The van der Waals surface area contributed by atoms with E-state index >= 15 is 0 Å². The van der Waals surface area contributed by atoms with Crippen LogP contribution in [0.4, 0.5) is 0 Å². The molecule has 0 saturated carbocycles. The molecule has 0 heterocycles. The van der Waals surface area contributed by atoms with Crippen molar-refractivity contribution in [2.75, 3.05) is 6.66 Å². The molecular formula is C35H29PY2-2. The molecule has 1 unspecified atom stereocenters. The standard InChI is InChI=1S/C32H18.C2H6.CH5P.2Y/c1-17-9-11-22-26-15-13-24-20-7-3-5-19-6-4-8-21(29(19)20)25-14-16-27(32(26)31(24)25)23-12-10-18(2)28(17)30(22)23;2*1-2;;/h3-4,7-16H,1-2H3;1-2H3;2H2,1H3;;/q-2;;;;. The fraction of sp³-hybridized carbons (Fsp3) is 0.143. The van der Waals surface area contributed by atoms with E-state index in [9.17, 15) is 0 Å². The van der Waals surface area contributed by atoms with Crippen molar-refractivity contribution in [3.05, 3.63) is 96.1 Å². The minimum Gasteiger partial charge on any atom is -0.285 e. The molecule has 0 N–H and O–H groups in total. The van der Waals surface area contributed by atoms with Crippen molar-refractivity contribution >= 4 is 84.6 Å². The van der Waals surface area contributed by atoms with Gasteiger partial charge in [0.05, 0.1) is 0 Å². The minimum atomic E-state index is 0. The first-order valence-corrected chi connectivity index (χ1v) is 13.9. The summed E-state index contributed by atoms with van der Waals surface area (Å²) in [4.78, 5) is 0. The van der Waals surface area contributed by atoms with Crippen molar-refractivity contribution in [1.29, 1.82) is 0 Å². The first-order chi connectivity index (χ1) is 17.7. The zero-order valence-corrected chi connectivity index (χ0v) is 29.5. The van der Waals surface area contributed by atoms with Gasteiger partial charge in [0, 0.05) is 65.4 Å². The Balaban J connectivity index is 0.000000538. The Morgan fingerprint density at radius 1 is 0.421 bits per heavy atom. The molecule has 8 aromatic rings. The Bertz CT molecular complexity index is 1920. The second-order valence-corrected chi connectivity index (χ2v) is 9.21. The number of rotatable bonds is 0. The van der Waals surface area contributed by atoms with Gasteiger partial charge in [0.1, 0.15) is 0 Å². The van der Waals surface area contributed by atoms with Crippen molar-refractivity contribution in [2.24, 2.45) is 0 Å². The second kappa shape index (κ2) is 11.7. The van der Waals surface area contributed by atoms with Crippen molar-refractivity contribution in [3.8, 4) is 0 Å². The molecule has 0 nitrogen and oxygen atoms in total. The summed E-state index contributed by atoms with van der Waals surface area (Å²) in [5, 5.41) is 18.6. The van der Waals surface area contributed by atoms with Crippen LogP contribution in [0, 0.1) is 26.0 Å². The molecule has 0 aromatic heterocycles. The molecule has 0 aliphatic carbocycles. The molecule has 3 heteroatoms. The summed E-state index contributed by atoms with van der Waals surface area (Å²) in [6.07, 6.45) is 0.